The van der Waals surface area contributed by atoms with E-state index in [1.54, 1.807) is 12.1 Å². The zero-order valence-electron chi connectivity index (χ0n) is 11.8. The van der Waals surface area contributed by atoms with Gasteiger partial charge in [0.05, 0.1) is 27.4 Å². The van der Waals surface area contributed by atoms with Crippen molar-refractivity contribution in [3.63, 3.8) is 0 Å². The Bertz CT molecular complexity index is 378. The summed E-state index contributed by atoms with van der Waals surface area (Å²) < 4.78 is 16.1. The van der Waals surface area contributed by atoms with Crippen LogP contribution in [0.25, 0.3) is 0 Å². The van der Waals surface area contributed by atoms with Gasteiger partial charge in [0.1, 0.15) is 6.10 Å². The second kappa shape index (κ2) is 8.63. The standard InChI is InChI=1S/C14H22O6/c1-18-12-6-10(4-3-5-15)7-13(19-2)14(12)20-11(8-16)9-17/h6-7,11,15-17H,3-5,8-9H2,1-2H3. The number of hydrogen-bond donors (Lipinski definition) is 3. The molecule has 0 aliphatic carbocycles. The van der Waals surface area contributed by atoms with E-state index in [1.165, 1.54) is 14.2 Å². The number of methoxy groups -OCH3 is 2. The lowest BCUT2D eigenvalue weighted by molar-refractivity contribution is 0.0589. The molecule has 1 rings (SSSR count). The van der Waals surface area contributed by atoms with Crippen LogP contribution in [0, 0.1) is 0 Å². The fourth-order valence-corrected chi connectivity index (χ4v) is 1.78. The summed E-state index contributed by atoms with van der Waals surface area (Å²) in [4.78, 5) is 0. The van der Waals surface area contributed by atoms with Crippen LogP contribution in [0.5, 0.6) is 17.2 Å². The molecule has 0 saturated carbocycles. The van der Waals surface area contributed by atoms with Crippen molar-refractivity contribution in [1.82, 2.24) is 0 Å². The van der Waals surface area contributed by atoms with Crippen LogP contribution >= 0.6 is 0 Å². The molecule has 20 heavy (non-hydrogen) atoms. The third kappa shape index (κ3) is 4.26. The van der Waals surface area contributed by atoms with E-state index in [-0.39, 0.29) is 19.8 Å². The molecular weight excluding hydrogens is 264 g/mol. The number of aryl methyl sites for hydroxylation is 1. The van der Waals surface area contributed by atoms with E-state index < -0.39 is 6.10 Å². The molecule has 0 aliphatic rings. The quantitative estimate of drug-likeness (QED) is 0.607. The summed E-state index contributed by atoms with van der Waals surface area (Å²) in [5, 5.41) is 27.1. The molecule has 0 aliphatic heterocycles. The van der Waals surface area contributed by atoms with E-state index in [2.05, 4.69) is 0 Å². The van der Waals surface area contributed by atoms with E-state index in [0.29, 0.717) is 30.1 Å². The molecule has 1 aromatic carbocycles. The van der Waals surface area contributed by atoms with E-state index in [9.17, 15) is 0 Å². The molecule has 114 valence electrons. The summed E-state index contributed by atoms with van der Waals surface area (Å²) in [6, 6.07) is 3.58. The van der Waals surface area contributed by atoms with Crippen molar-refractivity contribution in [3.05, 3.63) is 17.7 Å². The Morgan fingerprint density at radius 1 is 1.00 bits per heavy atom. The Morgan fingerprint density at radius 2 is 1.55 bits per heavy atom. The molecule has 0 heterocycles. The molecule has 0 unspecified atom stereocenters. The third-order valence-electron chi connectivity index (χ3n) is 2.84. The molecule has 0 bridgehead atoms. The molecule has 0 spiro atoms. The Hall–Kier alpha value is -1.50. The monoisotopic (exact) mass is 286 g/mol. The summed E-state index contributed by atoms with van der Waals surface area (Å²) in [6.07, 6.45) is 0.594. The smallest absolute Gasteiger partial charge is 0.203 e. The Labute approximate surface area is 118 Å². The molecule has 0 radical (unpaired) electrons. The molecule has 0 aromatic heterocycles. The van der Waals surface area contributed by atoms with Gasteiger partial charge in [-0.3, -0.25) is 0 Å². The van der Waals surface area contributed by atoms with Crippen molar-refractivity contribution >= 4 is 0 Å². The summed E-state index contributed by atoms with van der Waals surface area (Å²) in [5.74, 6) is 1.27. The maximum absolute atomic E-state index is 9.09. The average molecular weight is 286 g/mol. The van der Waals surface area contributed by atoms with Gasteiger partial charge in [0.25, 0.3) is 0 Å². The predicted octanol–water partition coefficient (Wildman–Crippen LogP) is 0.361. The van der Waals surface area contributed by atoms with Gasteiger partial charge in [-0.25, -0.2) is 0 Å². The normalized spacial score (nSPS) is 10.7. The highest BCUT2D eigenvalue weighted by Gasteiger charge is 2.18. The van der Waals surface area contributed by atoms with Crippen LogP contribution in [0.4, 0.5) is 0 Å². The van der Waals surface area contributed by atoms with Gasteiger partial charge in [0.2, 0.25) is 5.75 Å². The molecule has 1 aromatic rings. The first-order valence-electron chi connectivity index (χ1n) is 6.44. The van der Waals surface area contributed by atoms with E-state index in [1.807, 2.05) is 0 Å². The van der Waals surface area contributed by atoms with Gasteiger partial charge < -0.3 is 29.5 Å². The van der Waals surface area contributed by atoms with Crippen molar-refractivity contribution in [2.45, 2.75) is 18.9 Å². The zero-order chi connectivity index (χ0) is 15.0. The molecular formula is C14H22O6. The van der Waals surface area contributed by atoms with Gasteiger partial charge in [-0.15, -0.1) is 0 Å². The lowest BCUT2D eigenvalue weighted by Gasteiger charge is -2.20. The van der Waals surface area contributed by atoms with Crippen molar-refractivity contribution in [2.75, 3.05) is 34.0 Å². The number of aliphatic hydroxyl groups is 3. The zero-order valence-corrected chi connectivity index (χ0v) is 11.8. The Morgan fingerprint density at radius 3 is 1.95 bits per heavy atom. The minimum absolute atomic E-state index is 0.111. The van der Waals surface area contributed by atoms with Gasteiger partial charge >= 0.3 is 0 Å². The van der Waals surface area contributed by atoms with Crippen molar-refractivity contribution in [2.24, 2.45) is 0 Å². The minimum Gasteiger partial charge on any atom is -0.493 e. The number of ether oxygens (including phenoxy) is 3. The average Bonchev–Trinajstić information content (AvgIpc) is 2.50. The second-order valence-corrected chi connectivity index (χ2v) is 4.26. The van der Waals surface area contributed by atoms with E-state index in [0.717, 1.165) is 5.56 Å². The fourth-order valence-electron chi connectivity index (χ4n) is 1.78. The van der Waals surface area contributed by atoms with Gasteiger partial charge in [-0.05, 0) is 30.5 Å². The maximum atomic E-state index is 9.09. The van der Waals surface area contributed by atoms with Gasteiger partial charge in [-0.1, -0.05) is 0 Å². The van der Waals surface area contributed by atoms with Gasteiger partial charge in [0, 0.05) is 6.61 Å². The lowest BCUT2D eigenvalue weighted by Crippen LogP contribution is -2.25. The largest absolute Gasteiger partial charge is 0.493 e. The maximum Gasteiger partial charge on any atom is 0.203 e. The summed E-state index contributed by atoms with van der Waals surface area (Å²) in [5.41, 5.74) is 0.949. The van der Waals surface area contributed by atoms with Crippen LogP contribution in [0.3, 0.4) is 0 Å². The molecule has 3 N–H and O–H groups in total. The highest BCUT2D eigenvalue weighted by Crippen LogP contribution is 2.39. The topological polar surface area (TPSA) is 88.4 Å². The lowest BCUT2D eigenvalue weighted by atomic mass is 10.1. The fraction of sp³-hybridized carbons (Fsp3) is 0.571. The highest BCUT2D eigenvalue weighted by molar-refractivity contribution is 5.54. The van der Waals surface area contributed by atoms with Crippen LogP contribution in [0.2, 0.25) is 0 Å². The SMILES string of the molecule is COc1cc(CCCO)cc(OC)c1OC(CO)CO. The Kier molecular flexibility index (Phi) is 7.14. The number of benzene rings is 1. The summed E-state index contributed by atoms with van der Waals surface area (Å²) in [7, 11) is 3.01. The number of rotatable bonds is 9. The molecule has 6 nitrogen and oxygen atoms in total. The van der Waals surface area contributed by atoms with Crippen LogP contribution in [0.15, 0.2) is 12.1 Å². The van der Waals surface area contributed by atoms with E-state index in [4.69, 9.17) is 29.5 Å². The van der Waals surface area contributed by atoms with Crippen molar-refractivity contribution < 1.29 is 29.5 Å². The number of hydrogen-bond acceptors (Lipinski definition) is 6. The van der Waals surface area contributed by atoms with Crippen LogP contribution in [0.1, 0.15) is 12.0 Å². The third-order valence-corrected chi connectivity index (χ3v) is 2.84. The predicted molar refractivity (Wildman–Crippen MR) is 73.5 cm³/mol. The molecule has 0 saturated heterocycles. The Balaban J connectivity index is 3.07. The van der Waals surface area contributed by atoms with Crippen LogP contribution in [-0.4, -0.2) is 55.5 Å². The molecule has 0 atom stereocenters. The summed E-state index contributed by atoms with van der Waals surface area (Å²) in [6.45, 7) is -0.510. The first-order valence-corrected chi connectivity index (χ1v) is 6.44. The van der Waals surface area contributed by atoms with Gasteiger partial charge in [-0.2, -0.15) is 0 Å². The first-order chi connectivity index (χ1) is 9.69. The highest BCUT2D eigenvalue weighted by atomic mass is 16.6. The second-order valence-electron chi connectivity index (χ2n) is 4.26. The minimum atomic E-state index is -0.735. The molecule has 0 fully saturated rings. The summed E-state index contributed by atoms with van der Waals surface area (Å²) >= 11 is 0. The van der Waals surface area contributed by atoms with Crippen LogP contribution < -0.4 is 14.2 Å². The van der Waals surface area contributed by atoms with Gasteiger partial charge in [0.15, 0.2) is 11.5 Å². The molecule has 6 heteroatoms. The number of aliphatic hydroxyl groups excluding tert-OH is 3. The van der Waals surface area contributed by atoms with Crippen molar-refractivity contribution in [1.29, 1.82) is 0 Å². The van der Waals surface area contributed by atoms with Crippen molar-refractivity contribution in [3.8, 4) is 17.2 Å². The molecule has 0 amide bonds. The van der Waals surface area contributed by atoms with E-state index >= 15 is 0 Å². The van der Waals surface area contributed by atoms with Crippen LogP contribution in [-0.2, 0) is 6.42 Å². The first kappa shape index (κ1) is 16.6.